The third-order valence-electron chi connectivity index (χ3n) is 2.77. The van der Waals surface area contributed by atoms with Crippen molar-refractivity contribution >= 4 is 0 Å². The third kappa shape index (κ3) is 3.54. The van der Waals surface area contributed by atoms with Crippen LogP contribution in [0.15, 0.2) is 22.7 Å². The second-order valence-corrected chi connectivity index (χ2v) is 4.51. The highest BCUT2D eigenvalue weighted by Gasteiger charge is 2.10. The number of rotatable bonds is 6. The fourth-order valence-electron chi connectivity index (χ4n) is 1.70. The van der Waals surface area contributed by atoms with E-state index in [0.29, 0.717) is 23.7 Å². The van der Waals surface area contributed by atoms with E-state index in [-0.39, 0.29) is 12.4 Å². The number of benzene rings is 1. The van der Waals surface area contributed by atoms with Crippen LogP contribution >= 0.6 is 0 Å². The molecule has 0 saturated carbocycles. The van der Waals surface area contributed by atoms with Gasteiger partial charge >= 0.3 is 0 Å². The minimum atomic E-state index is -0.715. The van der Waals surface area contributed by atoms with Crippen LogP contribution in [0, 0.1) is 5.82 Å². The highest BCUT2D eigenvalue weighted by atomic mass is 19.1. The molecule has 0 aliphatic heterocycles. The molecule has 0 fully saturated rings. The average Bonchev–Trinajstić information content (AvgIpc) is 2.85. The van der Waals surface area contributed by atoms with Gasteiger partial charge in [0.1, 0.15) is 0 Å². The summed E-state index contributed by atoms with van der Waals surface area (Å²) in [4.78, 5) is 4.13. The number of aryl methyl sites for hydroxylation is 1. The topological polar surface area (TPSA) is 68.4 Å². The maximum Gasteiger partial charge on any atom is 0.226 e. The van der Waals surface area contributed by atoms with Gasteiger partial charge < -0.3 is 14.4 Å². The van der Waals surface area contributed by atoms with Crippen molar-refractivity contribution in [3.05, 3.63) is 41.3 Å². The molecule has 0 aliphatic rings. The van der Waals surface area contributed by atoms with E-state index in [9.17, 15) is 9.50 Å². The van der Waals surface area contributed by atoms with Gasteiger partial charge in [-0.2, -0.15) is 4.98 Å². The molecule has 0 radical (unpaired) electrons. The van der Waals surface area contributed by atoms with Crippen LogP contribution in [-0.2, 0) is 13.0 Å². The lowest BCUT2D eigenvalue weighted by atomic mass is 10.1. The molecule has 1 aromatic carbocycles. The van der Waals surface area contributed by atoms with Gasteiger partial charge in [-0.15, -0.1) is 0 Å². The molecule has 1 aromatic heterocycles. The van der Waals surface area contributed by atoms with Crippen molar-refractivity contribution < 1.29 is 18.8 Å². The van der Waals surface area contributed by atoms with Crippen LogP contribution in [0.2, 0.25) is 0 Å². The van der Waals surface area contributed by atoms with Gasteiger partial charge in [-0.3, -0.25) is 0 Å². The number of halogens is 1. The molecule has 0 amide bonds. The summed E-state index contributed by atoms with van der Waals surface area (Å²) in [5.74, 6) is 0.500. The van der Waals surface area contributed by atoms with Gasteiger partial charge in [0.05, 0.1) is 6.10 Å². The predicted octanol–water partition coefficient (Wildman–Crippen LogP) is 2.79. The first-order chi connectivity index (χ1) is 9.60. The Morgan fingerprint density at radius 3 is 2.90 bits per heavy atom. The normalized spacial score (nSPS) is 12.4. The quantitative estimate of drug-likeness (QED) is 0.881. The lowest BCUT2D eigenvalue weighted by Crippen LogP contribution is -2.01. The molecule has 6 heteroatoms. The summed E-state index contributed by atoms with van der Waals surface area (Å²) in [5.41, 5.74) is 0.500. The molecule has 2 rings (SSSR count). The number of hydrogen-bond acceptors (Lipinski definition) is 5. The number of hydrogen-bond donors (Lipinski definition) is 1. The fraction of sp³-hybridized carbons (Fsp3) is 0.429. The second-order valence-electron chi connectivity index (χ2n) is 4.51. The minimum absolute atomic E-state index is 0.0398. The molecule has 1 heterocycles. The minimum Gasteiger partial charge on any atom is -0.482 e. The van der Waals surface area contributed by atoms with Crippen LogP contribution in [0.4, 0.5) is 4.39 Å². The molecule has 0 spiro atoms. The zero-order valence-electron chi connectivity index (χ0n) is 11.5. The maximum absolute atomic E-state index is 13.7. The Bertz CT molecular complexity index is 569. The van der Waals surface area contributed by atoms with E-state index < -0.39 is 11.9 Å². The molecular weight excluding hydrogens is 263 g/mol. The van der Waals surface area contributed by atoms with E-state index in [2.05, 4.69) is 10.1 Å². The van der Waals surface area contributed by atoms with Crippen LogP contribution in [0.3, 0.4) is 0 Å². The van der Waals surface area contributed by atoms with Crippen molar-refractivity contribution in [1.29, 1.82) is 0 Å². The summed E-state index contributed by atoms with van der Waals surface area (Å²) < 4.78 is 24.1. The van der Waals surface area contributed by atoms with Crippen LogP contribution in [0.1, 0.15) is 43.7 Å². The monoisotopic (exact) mass is 280 g/mol. The van der Waals surface area contributed by atoms with Gasteiger partial charge in [0.15, 0.2) is 18.2 Å². The molecule has 1 unspecified atom stereocenters. The van der Waals surface area contributed by atoms with E-state index in [1.807, 2.05) is 6.92 Å². The molecule has 108 valence electrons. The van der Waals surface area contributed by atoms with Crippen molar-refractivity contribution in [3.63, 3.8) is 0 Å². The molecule has 1 atom stereocenters. The molecule has 1 N–H and O–H groups in total. The van der Waals surface area contributed by atoms with E-state index in [1.54, 1.807) is 13.0 Å². The summed E-state index contributed by atoms with van der Waals surface area (Å²) >= 11 is 0. The van der Waals surface area contributed by atoms with Crippen LogP contribution in [0.5, 0.6) is 5.75 Å². The van der Waals surface area contributed by atoms with Gasteiger partial charge in [0.2, 0.25) is 11.7 Å². The predicted molar refractivity (Wildman–Crippen MR) is 69.7 cm³/mol. The van der Waals surface area contributed by atoms with Crippen molar-refractivity contribution in [2.45, 2.75) is 39.4 Å². The van der Waals surface area contributed by atoms with Crippen LogP contribution in [0.25, 0.3) is 0 Å². The summed E-state index contributed by atoms with van der Waals surface area (Å²) in [7, 11) is 0. The Labute approximate surface area is 116 Å². The molecule has 5 nitrogen and oxygen atoms in total. The molecule has 0 bridgehead atoms. The number of ether oxygens (including phenoxy) is 1. The molecule has 0 saturated heterocycles. The van der Waals surface area contributed by atoms with Gasteiger partial charge in [0.25, 0.3) is 0 Å². The van der Waals surface area contributed by atoms with E-state index in [0.717, 1.165) is 6.42 Å². The van der Waals surface area contributed by atoms with E-state index >= 15 is 0 Å². The van der Waals surface area contributed by atoms with Crippen molar-refractivity contribution in [3.8, 4) is 5.75 Å². The van der Waals surface area contributed by atoms with Gasteiger partial charge in [-0.05, 0) is 31.0 Å². The molecular formula is C14H17FN2O3. The summed E-state index contributed by atoms with van der Waals surface area (Å²) in [6.45, 7) is 3.63. The first-order valence-corrected chi connectivity index (χ1v) is 6.52. The SMILES string of the molecule is CCCc1nc(COc2ccc(C(C)O)cc2F)no1. The smallest absolute Gasteiger partial charge is 0.226 e. The van der Waals surface area contributed by atoms with E-state index in [4.69, 9.17) is 9.26 Å². The van der Waals surface area contributed by atoms with Gasteiger partial charge in [0, 0.05) is 6.42 Å². The number of aromatic nitrogens is 2. The third-order valence-corrected chi connectivity index (χ3v) is 2.77. The van der Waals surface area contributed by atoms with Crippen molar-refractivity contribution in [2.24, 2.45) is 0 Å². The standard InChI is InChI=1S/C14H17FN2O3/c1-3-4-14-16-13(17-20-14)8-19-12-6-5-10(9(2)18)7-11(12)15/h5-7,9,18H,3-4,8H2,1-2H3. The second kappa shape index (κ2) is 6.47. The van der Waals surface area contributed by atoms with Crippen LogP contribution < -0.4 is 4.74 Å². The Morgan fingerprint density at radius 2 is 2.25 bits per heavy atom. The Morgan fingerprint density at radius 1 is 1.45 bits per heavy atom. The number of nitrogens with zero attached hydrogens (tertiary/aromatic N) is 2. The first kappa shape index (κ1) is 14.5. The molecule has 20 heavy (non-hydrogen) atoms. The number of aliphatic hydroxyl groups is 1. The summed E-state index contributed by atoms with van der Waals surface area (Å²) in [6.07, 6.45) is 0.912. The number of aliphatic hydroxyl groups excluding tert-OH is 1. The highest BCUT2D eigenvalue weighted by molar-refractivity contribution is 5.30. The van der Waals surface area contributed by atoms with Gasteiger partial charge in [-0.25, -0.2) is 4.39 Å². The molecule has 2 aromatic rings. The lowest BCUT2D eigenvalue weighted by Gasteiger charge is -2.08. The Balaban J connectivity index is 1.99. The zero-order chi connectivity index (χ0) is 14.5. The zero-order valence-corrected chi connectivity index (χ0v) is 11.5. The average molecular weight is 280 g/mol. The molecule has 0 aliphatic carbocycles. The van der Waals surface area contributed by atoms with Crippen LogP contribution in [-0.4, -0.2) is 15.2 Å². The largest absolute Gasteiger partial charge is 0.482 e. The first-order valence-electron chi connectivity index (χ1n) is 6.52. The Hall–Kier alpha value is -1.95. The van der Waals surface area contributed by atoms with Gasteiger partial charge in [-0.1, -0.05) is 18.1 Å². The maximum atomic E-state index is 13.7. The van der Waals surface area contributed by atoms with Crippen molar-refractivity contribution in [2.75, 3.05) is 0 Å². The summed E-state index contributed by atoms with van der Waals surface area (Å²) in [6, 6.07) is 4.34. The Kier molecular flexibility index (Phi) is 4.68. The van der Waals surface area contributed by atoms with E-state index in [1.165, 1.54) is 12.1 Å². The summed E-state index contributed by atoms with van der Waals surface area (Å²) in [5, 5.41) is 13.1. The lowest BCUT2D eigenvalue weighted by molar-refractivity contribution is 0.198. The highest BCUT2D eigenvalue weighted by Crippen LogP contribution is 2.22. The van der Waals surface area contributed by atoms with Crippen molar-refractivity contribution in [1.82, 2.24) is 10.1 Å². The fourth-order valence-corrected chi connectivity index (χ4v) is 1.70.